The van der Waals surface area contributed by atoms with E-state index in [2.05, 4.69) is 31.5 Å². The monoisotopic (exact) mass is 204 g/mol. The molecule has 0 atom stereocenters. The molecule has 0 bridgehead atoms. The zero-order valence-electron chi connectivity index (χ0n) is 2.79. The summed E-state index contributed by atoms with van der Waals surface area (Å²) in [4.78, 5) is 2.76. The molecule has 0 rings (SSSR count). The van der Waals surface area contributed by atoms with E-state index in [1.165, 1.54) is 9.12 Å². The Balaban J connectivity index is 2.19. The summed E-state index contributed by atoms with van der Waals surface area (Å²) in [5.74, 6) is 0. The van der Waals surface area contributed by atoms with Gasteiger partial charge in [-0.15, -0.1) is 0 Å². The fourth-order valence-electron chi connectivity index (χ4n) is 0.0386. The fourth-order valence-corrected chi connectivity index (χ4v) is 0.776. The van der Waals surface area contributed by atoms with Crippen LogP contribution in [0.3, 0.4) is 0 Å². The third-order valence-electron chi connectivity index (χ3n) is 0.141. The lowest BCUT2D eigenvalue weighted by atomic mass is 11.5. The van der Waals surface area contributed by atoms with Crippen molar-refractivity contribution in [1.29, 1.82) is 0 Å². The Kier molecular flexibility index (Phi) is 6.00. The Labute approximate surface area is 47.8 Å². The highest BCUT2D eigenvalue weighted by atomic mass is 127. The Bertz CT molecular complexity index is 17.1. The van der Waals surface area contributed by atoms with Gasteiger partial charge < -0.3 is 0 Å². The van der Waals surface area contributed by atoms with Crippen molar-refractivity contribution >= 4 is 30.3 Å². The summed E-state index contributed by atoms with van der Waals surface area (Å²) in [6.07, 6.45) is 0. The summed E-state index contributed by atoms with van der Waals surface area (Å²) in [7, 11) is 3.34. The summed E-state index contributed by atoms with van der Waals surface area (Å²) >= 11 is 2.13. The van der Waals surface area contributed by atoms with Crippen molar-refractivity contribution in [2.45, 2.75) is 0 Å². The molecule has 0 aliphatic rings. The maximum absolute atomic E-state index is 2.76. The van der Waals surface area contributed by atoms with E-state index >= 15 is 0 Å². The van der Waals surface area contributed by atoms with Gasteiger partial charge in [-0.05, 0) is 7.05 Å². The highest BCUT2D eigenvalue weighted by Gasteiger charge is 1.62. The average Bonchev–Trinajstić information content (AvgIpc) is 1.41. The first-order chi connectivity index (χ1) is 2.41. The van der Waals surface area contributed by atoms with Gasteiger partial charge in [0.2, 0.25) is 0 Å². The van der Waals surface area contributed by atoms with E-state index in [0.717, 1.165) is 0 Å². The van der Waals surface area contributed by atoms with Gasteiger partial charge in [-0.3, -0.25) is 5.43 Å². The minimum absolute atomic E-state index is 1.51. The van der Waals surface area contributed by atoms with Crippen LogP contribution in [0.2, 0.25) is 0 Å². The van der Waals surface area contributed by atoms with E-state index in [9.17, 15) is 0 Å². The maximum Gasteiger partial charge on any atom is 0.0157 e. The normalized spacial score (nSPS) is 8.40. The van der Waals surface area contributed by atoms with Gasteiger partial charge in [-0.1, -0.05) is 0 Å². The van der Waals surface area contributed by atoms with Crippen molar-refractivity contribution in [3.8, 4) is 0 Å². The van der Waals surface area contributed by atoms with Crippen molar-refractivity contribution in [3.63, 3.8) is 0 Å². The summed E-state index contributed by atoms with van der Waals surface area (Å²) in [6.45, 7) is 0. The van der Waals surface area contributed by atoms with E-state index < -0.39 is 0 Å². The molecular weight excluding hydrogens is 199 g/mol. The molecule has 2 nitrogen and oxygen atoms in total. The molecule has 0 heterocycles. The van der Waals surface area contributed by atoms with Crippen LogP contribution in [0.1, 0.15) is 0 Å². The van der Waals surface area contributed by atoms with Crippen LogP contribution in [-0.2, 0) is 0 Å². The van der Waals surface area contributed by atoms with Crippen molar-refractivity contribution in [2.75, 3.05) is 7.05 Å². The van der Waals surface area contributed by atoms with Gasteiger partial charge in [0, 0.05) is 30.3 Å². The van der Waals surface area contributed by atoms with Crippen LogP contribution in [0.25, 0.3) is 0 Å². The number of rotatable bonds is 2. The predicted octanol–water partition coefficient (Wildman–Crippen LogP) is 0.709. The molecule has 32 valence electrons. The third-order valence-corrected chi connectivity index (χ3v) is 1.08. The van der Waals surface area contributed by atoms with Crippen LogP contribution in [-0.4, -0.2) is 7.05 Å². The van der Waals surface area contributed by atoms with Crippen LogP contribution in [0.4, 0.5) is 0 Å². The Hall–Kier alpha value is 1.00. The minimum atomic E-state index is 1.51. The molecule has 0 fully saturated rings. The highest BCUT2D eigenvalue weighted by Crippen LogP contribution is 1.99. The van der Waals surface area contributed by atoms with E-state index in [0.29, 0.717) is 0 Å². The van der Waals surface area contributed by atoms with E-state index in [-0.39, 0.29) is 0 Å². The van der Waals surface area contributed by atoms with Crippen LogP contribution in [0.5, 0.6) is 0 Å². The Morgan fingerprint density at radius 2 is 2.40 bits per heavy atom. The summed E-state index contributed by atoms with van der Waals surface area (Å²) in [6, 6.07) is 0. The first kappa shape index (κ1) is 6.00. The summed E-state index contributed by atoms with van der Waals surface area (Å²) in [5.41, 5.74) is 2.72. The van der Waals surface area contributed by atoms with Crippen molar-refractivity contribution in [3.05, 3.63) is 0 Å². The molecule has 0 aromatic carbocycles. The molecular formula is CH5IN2S. The SMILES string of the molecule is CNNSI. The number of hydrazine groups is 1. The lowest BCUT2D eigenvalue weighted by molar-refractivity contribution is 0.823. The molecule has 0 saturated heterocycles. The van der Waals surface area contributed by atoms with Gasteiger partial charge in [0.25, 0.3) is 0 Å². The van der Waals surface area contributed by atoms with Gasteiger partial charge in [-0.2, -0.15) is 4.83 Å². The first-order valence-corrected chi connectivity index (χ1v) is 4.47. The van der Waals surface area contributed by atoms with Crippen molar-refractivity contribution < 1.29 is 0 Å². The number of halogens is 1. The topological polar surface area (TPSA) is 24.1 Å². The first-order valence-electron chi connectivity index (χ1n) is 1.11. The fraction of sp³-hybridized carbons (Fsp3) is 1.00. The third kappa shape index (κ3) is 5.00. The molecule has 0 aliphatic heterocycles. The Morgan fingerprint density at radius 3 is 2.40 bits per heavy atom. The lowest BCUT2D eigenvalue weighted by Crippen LogP contribution is -2.17. The maximum atomic E-state index is 2.76. The zero-order valence-corrected chi connectivity index (χ0v) is 5.76. The van der Waals surface area contributed by atoms with E-state index in [1.54, 1.807) is 0 Å². The molecule has 4 heteroatoms. The summed E-state index contributed by atoms with van der Waals surface area (Å²) in [5, 5.41) is 0. The quantitative estimate of drug-likeness (QED) is 0.393. The molecule has 0 radical (unpaired) electrons. The van der Waals surface area contributed by atoms with Crippen LogP contribution < -0.4 is 10.3 Å². The molecule has 0 aromatic heterocycles. The predicted molar refractivity (Wildman–Crippen MR) is 33.8 cm³/mol. The van der Waals surface area contributed by atoms with Crippen LogP contribution in [0, 0.1) is 0 Å². The van der Waals surface area contributed by atoms with E-state index in [1.807, 2.05) is 7.05 Å². The van der Waals surface area contributed by atoms with Crippen molar-refractivity contribution in [2.24, 2.45) is 0 Å². The van der Waals surface area contributed by atoms with Gasteiger partial charge in [0.15, 0.2) is 0 Å². The zero-order chi connectivity index (χ0) is 4.12. The van der Waals surface area contributed by atoms with Gasteiger partial charge in [-0.25, -0.2) is 0 Å². The molecule has 0 unspecified atom stereocenters. The smallest absolute Gasteiger partial charge is 0.0157 e. The molecule has 5 heavy (non-hydrogen) atoms. The van der Waals surface area contributed by atoms with Gasteiger partial charge in [0.05, 0.1) is 0 Å². The second-order valence-electron chi connectivity index (χ2n) is 0.429. The number of nitrogens with one attached hydrogen (secondary N) is 2. The van der Waals surface area contributed by atoms with Crippen LogP contribution in [0.15, 0.2) is 0 Å². The molecule has 0 saturated carbocycles. The summed E-state index contributed by atoms with van der Waals surface area (Å²) < 4.78 is 0. The molecule has 0 aliphatic carbocycles. The lowest BCUT2D eigenvalue weighted by Gasteiger charge is -1.86. The highest BCUT2D eigenvalue weighted by molar-refractivity contribution is 14.2. The molecule has 0 aromatic rings. The molecule has 0 spiro atoms. The van der Waals surface area contributed by atoms with Gasteiger partial charge in [0.1, 0.15) is 0 Å². The number of hydrogen-bond donors (Lipinski definition) is 2. The molecule has 0 amide bonds. The van der Waals surface area contributed by atoms with Gasteiger partial charge >= 0.3 is 0 Å². The largest absolute Gasteiger partial charge is 0.250 e. The minimum Gasteiger partial charge on any atom is -0.250 e. The average molecular weight is 204 g/mol. The standard InChI is InChI=1S/CH5IN2S/c1-3-4-5-2/h3-4H,1H3. The second-order valence-corrected chi connectivity index (χ2v) is 2.11. The van der Waals surface area contributed by atoms with Crippen LogP contribution >= 0.6 is 30.3 Å². The Morgan fingerprint density at radius 1 is 1.80 bits per heavy atom. The van der Waals surface area contributed by atoms with E-state index in [4.69, 9.17) is 0 Å². The van der Waals surface area contributed by atoms with Crippen molar-refractivity contribution in [1.82, 2.24) is 10.3 Å². The molecule has 2 N–H and O–H groups in total. The number of hydrogen-bond acceptors (Lipinski definition) is 3. The second kappa shape index (κ2) is 5.00.